The van der Waals surface area contributed by atoms with Gasteiger partial charge in [-0.1, -0.05) is 18.9 Å². The second-order valence-electron chi connectivity index (χ2n) is 8.52. The Bertz CT molecular complexity index is 705. The van der Waals surface area contributed by atoms with Gasteiger partial charge in [0, 0.05) is 5.56 Å². The van der Waals surface area contributed by atoms with Crippen LogP contribution >= 0.6 is 0 Å². The molecule has 2 fully saturated rings. The fourth-order valence-corrected chi connectivity index (χ4v) is 4.93. The van der Waals surface area contributed by atoms with E-state index < -0.39 is 30.2 Å². The first-order chi connectivity index (χ1) is 14.5. The van der Waals surface area contributed by atoms with E-state index in [0.29, 0.717) is 37.2 Å². The number of allylic oxidation sites excluding steroid dienone is 2. The lowest BCUT2D eigenvalue weighted by molar-refractivity contribution is -0.0421. The molecular formula is C24H32F4O2. The molecule has 0 N–H and O–H groups in total. The van der Waals surface area contributed by atoms with Gasteiger partial charge in [-0.05, 0) is 75.3 Å². The van der Waals surface area contributed by atoms with E-state index >= 15 is 0 Å². The van der Waals surface area contributed by atoms with E-state index in [4.69, 9.17) is 9.47 Å². The predicted molar refractivity (Wildman–Crippen MR) is 109 cm³/mol. The molecule has 1 aromatic carbocycles. The Morgan fingerprint density at radius 1 is 1.07 bits per heavy atom. The van der Waals surface area contributed by atoms with Gasteiger partial charge in [0.1, 0.15) is 12.5 Å². The van der Waals surface area contributed by atoms with Crippen molar-refractivity contribution in [3.05, 3.63) is 41.2 Å². The predicted octanol–water partition coefficient (Wildman–Crippen LogP) is 7.24. The lowest BCUT2D eigenvalue weighted by Gasteiger charge is -2.38. The molecule has 0 bridgehead atoms. The van der Waals surface area contributed by atoms with Crippen LogP contribution in [0.3, 0.4) is 0 Å². The monoisotopic (exact) mass is 428 g/mol. The Hall–Kier alpha value is -1.56. The molecule has 30 heavy (non-hydrogen) atoms. The highest BCUT2D eigenvalue weighted by molar-refractivity contribution is 5.32. The van der Waals surface area contributed by atoms with Crippen LogP contribution in [0.25, 0.3) is 0 Å². The largest absolute Gasteiger partial charge is 0.491 e. The first-order valence-electron chi connectivity index (χ1n) is 11.2. The summed E-state index contributed by atoms with van der Waals surface area (Å²) < 4.78 is 64.7. The van der Waals surface area contributed by atoms with Crippen molar-refractivity contribution in [1.29, 1.82) is 0 Å². The highest BCUT2D eigenvalue weighted by Crippen LogP contribution is 2.42. The van der Waals surface area contributed by atoms with E-state index in [1.165, 1.54) is 12.1 Å². The molecule has 2 aliphatic rings. The zero-order valence-electron chi connectivity index (χ0n) is 17.6. The Balaban J connectivity index is 1.46. The van der Waals surface area contributed by atoms with Gasteiger partial charge in [0.2, 0.25) is 5.82 Å². The van der Waals surface area contributed by atoms with E-state index in [-0.39, 0.29) is 17.9 Å². The van der Waals surface area contributed by atoms with Crippen molar-refractivity contribution in [2.24, 2.45) is 17.8 Å². The van der Waals surface area contributed by atoms with E-state index in [1.807, 2.05) is 0 Å². The van der Waals surface area contributed by atoms with Crippen molar-refractivity contribution in [3.63, 3.8) is 0 Å². The molecule has 1 saturated carbocycles. The minimum Gasteiger partial charge on any atom is -0.491 e. The normalized spacial score (nSPS) is 27.8. The molecular weight excluding hydrogens is 396 g/mol. The molecule has 1 aliphatic heterocycles. The van der Waals surface area contributed by atoms with Crippen molar-refractivity contribution < 1.29 is 27.0 Å². The average Bonchev–Trinajstić information content (AvgIpc) is 2.78. The highest BCUT2D eigenvalue weighted by Gasteiger charge is 2.33. The van der Waals surface area contributed by atoms with Gasteiger partial charge in [0.15, 0.2) is 11.6 Å². The van der Waals surface area contributed by atoms with Crippen LogP contribution < -0.4 is 4.74 Å². The molecule has 0 aromatic heterocycles. The van der Waals surface area contributed by atoms with E-state index in [2.05, 4.69) is 0 Å². The van der Waals surface area contributed by atoms with E-state index in [1.54, 1.807) is 13.0 Å². The van der Waals surface area contributed by atoms with E-state index in [0.717, 1.165) is 38.5 Å². The molecule has 3 rings (SSSR count). The molecule has 0 amide bonds. The zero-order valence-corrected chi connectivity index (χ0v) is 17.6. The van der Waals surface area contributed by atoms with Crippen molar-refractivity contribution in [2.75, 3.05) is 19.9 Å². The highest BCUT2D eigenvalue weighted by atomic mass is 19.2. The number of hydrogen-bond acceptors (Lipinski definition) is 2. The van der Waals surface area contributed by atoms with Crippen LogP contribution in [0.4, 0.5) is 17.6 Å². The van der Waals surface area contributed by atoms with Crippen LogP contribution in [-0.4, -0.2) is 19.9 Å². The van der Waals surface area contributed by atoms with Gasteiger partial charge in [0.05, 0.1) is 19.3 Å². The molecule has 168 valence electrons. The number of alkyl halides is 1. The maximum absolute atomic E-state index is 14.5. The third-order valence-electron chi connectivity index (χ3n) is 6.66. The summed E-state index contributed by atoms with van der Waals surface area (Å²) in [6.45, 7) is 1.57. The summed E-state index contributed by atoms with van der Waals surface area (Å²) in [5.74, 6) is -0.941. The molecule has 1 aliphatic carbocycles. The fraction of sp³-hybridized carbons (Fsp3) is 0.667. The van der Waals surface area contributed by atoms with Crippen LogP contribution in [-0.2, 0) is 4.74 Å². The molecule has 2 unspecified atom stereocenters. The average molecular weight is 429 g/mol. The molecule has 1 heterocycles. The summed E-state index contributed by atoms with van der Waals surface area (Å²) in [5, 5.41) is 0. The van der Waals surface area contributed by atoms with Gasteiger partial charge in [0.25, 0.3) is 0 Å². The fourth-order valence-electron chi connectivity index (χ4n) is 4.93. The van der Waals surface area contributed by atoms with Crippen LogP contribution in [0, 0.1) is 29.4 Å². The van der Waals surface area contributed by atoms with Gasteiger partial charge in [-0.2, -0.15) is 4.39 Å². The number of hydrogen-bond donors (Lipinski definition) is 0. The minimum atomic E-state index is -1.01. The molecule has 6 heteroatoms. The quantitative estimate of drug-likeness (QED) is 0.406. The molecule has 2 atom stereocenters. The third kappa shape index (κ3) is 5.77. The van der Waals surface area contributed by atoms with Gasteiger partial charge in [-0.3, -0.25) is 0 Å². The summed E-state index contributed by atoms with van der Waals surface area (Å²) in [6, 6.07) is 3.04. The van der Waals surface area contributed by atoms with Gasteiger partial charge in [-0.25, -0.2) is 13.2 Å². The Morgan fingerprint density at radius 2 is 1.80 bits per heavy atom. The summed E-state index contributed by atoms with van der Waals surface area (Å²) in [5.41, 5.74) is 0.270. The Labute approximate surface area is 176 Å². The first kappa shape index (κ1) is 23.1. The second kappa shape index (κ2) is 11.2. The zero-order chi connectivity index (χ0) is 21.5. The summed E-state index contributed by atoms with van der Waals surface area (Å²) >= 11 is 0. The van der Waals surface area contributed by atoms with Crippen LogP contribution in [0.2, 0.25) is 0 Å². The van der Waals surface area contributed by atoms with Crippen molar-refractivity contribution in [3.8, 4) is 5.75 Å². The van der Waals surface area contributed by atoms with Crippen LogP contribution in [0.15, 0.2) is 24.0 Å². The summed E-state index contributed by atoms with van der Waals surface area (Å²) in [4.78, 5) is 0. The smallest absolute Gasteiger partial charge is 0.200 e. The Kier molecular flexibility index (Phi) is 8.61. The third-order valence-corrected chi connectivity index (χ3v) is 6.66. The van der Waals surface area contributed by atoms with Crippen LogP contribution in [0.1, 0.15) is 70.0 Å². The molecule has 1 saturated heterocycles. The summed E-state index contributed by atoms with van der Waals surface area (Å²) in [6.07, 6.45) is 8.53. The summed E-state index contributed by atoms with van der Waals surface area (Å²) in [7, 11) is 0. The van der Waals surface area contributed by atoms with Crippen LogP contribution in [0.5, 0.6) is 5.75 Å². The first-order valence-corrected chi connectivity index (χ1v) is 11.2. The second-order valence-corrected chi connectivity index (χ2v) is 8.52. The maximum Gasteiger partial charge on any atom is 0.200 e. The van der Waals surface area contributed by atoms with Crippen molar-refractivity contribution in [2.45, 2.75) is 64.4 Å². The maximum atomic E-state index is 14.5. The Morgan fingerprint density at radius 3 is 2.43 bits per heavy atom. The number of benzene rings is 1. The number of ether oxygens (including phenoxy) is 2. The number of halogens is 4. The molecule has 0 radical (unpaired) electrons. The topological polar surface area (TPSA) is 18.5 Å². The van der Waals surface area contributed by atoms with E-state index in [9.17, 15) is 17.6 Å². The molecule has 2 nitrogen and oxygen atoms in total. The SMILES string of the molecule is CCOc1ccc(C2CCC(C3CCC(CCC=C(F)CF)CC3)CO2)c(F)c1F. The van der Waals surface area contributed by atoms with Crippen molar-refractivity contribution >= 4 is 0 Å². The molecule has 1 aromatic rings. The lowest BCUT2D eigenvalue weighted by Crippen LogP contribution is -2.30. The molecule has 0 spiro atoms. The minimum absolute atomic E-state index is 0.0629. The standard InChI is InChI=1S/C24H32F4O2/c1-2-29-22-13-11-20(23(27)24(22)28)21-12-10-18(15-30-21)17-8-6-16(7-9-17)4-3-5-19(26)14-25/h5,11,13,16-18,21H,2-4,6-10,12,14-15H2,1H3. The van der Waals surface area contributed by atoms with Gasteiger partial charge in [-0.15, -0.1) is 0 Å². The van der Waals surface area contributed by atoms with Gasteiger partial charge < -0.3 is 9.47 Å². The lowest BCUT2D eigenvalue weighted by atomic mass is 9.72. The van der Waals surface area contributed by atoms with Crippen molar-refractivity contribution in [1.82, 2.24) is 0 Å². The van der Waals surface area contributed by atoms with Gasteiger partial charge >= 0.3 is 0 Å². The number of rotatable bonds is 8.